The van der Waals surface area contributed by atoms with E-state index in [1.165, 1.54) is 0 Å². The van der Waals surface area contributed by atoms with Crippen molar-refractivity contribution in [1.29, 1.82) is 0 Å². The Morgan fingerprint density at radius 2 is 2.09 bits per heavy atom. The Morgan fingerprint density at radius 1 is 1.45 bits per heavy atom. The highest BCUT2D eigenvalue weighted by molar-refractivity contribution is 9.10. The lowest BCUT2D eigenvalue weighted by Gasteiger charge is -2.29. The Bertz CT molecular complexity index is 535. The molecule has 1 unspecified atom stereocenters. The van der Waals surface area contributed by atoms with Gasteiger partial charge in [0.2, 0.25) is 0 Å². The number of ether oxygens (including phenoxy) is 1. The molecule has 1 aliphatic rings. The van der Waals surface area contributed by atoms with Crippen molar-refractivity contribution in [3.8, 4) is 5.75 Å². The minimum absolute atomic E-state index is 0. The van der Waals surface area contributed by atoms with E-state index in [4.69, 9.17) is 10.5 Å². The van der Waals surface area contributed by atoms with E-state index in [0.29, 0.717) is 23.8 Å². The molecule has 2 rings (SSSR count). The number of halogens is 2. The molecule has 0 heterocycles. The molecule has 3 N–H and O–H groups in total. The zero-order valence-corrected chi connectivity index (χ0v) is 15.6. The van der Waals surface area contributed by atoms with E-state index < -0.39 is 0 Å². The largest absolute Gasteiger partial charge is 0.491 e. The van der Waals surface area contributed by atoms with Crippen molar-refractivity contribution in [3.05, 3.63) is 28.2 Å². The minimum atomic E-state index is -0.321. The summed E-state index contributed by atoms with van der Waals surface area (Å²) in [6.45, 7) is 6.39. The third kappa shape index (κ3) is 4.86. The van der Waals surface area contributed by atoms with Gasteiger partial charge in [0, 0.05) is 16.6 Å². The second kappa shape index (κ2) is 7.66. The molecule has 1 saturated carbocycles. The van der Waals surface area contributed by atoms with E-state index in [9.17, 15) is 4.79 Å². The number of nitrogens with two attached hydrogens (primary N) is 1. The zero-order valence-electron chi connectivity index (χ0n) is 13.2. The summed E-state index contributed by atoms with van der Waals surface area (Å²) in [5.41, 5.74) is 6.11. The normalized spacial score (nSPS) is 16.6. The number of carbonyl (C=O) groups excluding carboxylic acids is 1. The molecule has 0 spiro atoms. The van der Waals surface area contributed by atoms with E-state index in [-0.39, 0.29) is 30.0 Å². The van der Waals surface area contributed by atoms with Gasteiger partial charge in [-0.05, 0) is 57.7 Å². The van der Waals surface area contributed by atoms with Gasteiger partial charge in [-0.3, -0.25) is 4.79 Å². The summed E-state index contributed by atoms with van der Waals surface area (Å²) in [5.74, 6) is 1.07. The van der Waals surface area contributed by atoms with Gasteiger partial charge in [0.25, 0.3) is 5.91 Å². The molecule has 1 amide bonds. The summed E-state index contributed by atoms with van der Waals surface area (Å²) in [6.07, 6.45) is 2.33. The molecule has 0 radical (unpaired) electrons. The first-order valence-electron chi connectivity index (χ1n) is 7.34. The van der Waals surface area contributed by atoms with Gasteiger partial charge in [0.1, 0.15) is 5.75 Å². The fourth-order valence-electron chi connectivity index (χ4n) is 2.41. The maximum atomic E-state index is 12.5. The molecular formula is C16H24BrClN2O2. The third-order valence-corrected chi connectivity index (χ3v) is 4.26. The highest BCUT2D eigenvalue weighted by atomic mass is 79.9. The predicted molar refractivity (Wildman–Crippen MR) is 94.8 cm³/mol. The first-order chi connectivity index (χ1) is 9.84. The number of nitrogens with one attached hydrogen (secondary N) is 1. The highest BCUT2D eigenvalue weighted by Gasteiger charge is 2.41. The molecule has 0 bridgehead atoms. The second-order valence-electron chi connectivity index (χ2n) is 6.19. The average Bonchev–Trinajstić information content (AvgIpc) is 3.21. The van der Waals surface area contributed by atoms with E-state index in [1.807, 2.05) is 26.8 Å². The number of hydrogen-bond acceptors (Lipinski definition) is 3. The monoisotopic (exact) mass is 390 g/mol. The first-order valence-corrected chi connectivity index (χ1v) is 8.13. The lowest BCUT2D eigenvalue weighted by Crippen LogP contribution is -2.53. The Balaban J connectivity index is 0.00000242. The van der Waals surface area contributed by atoms with Crippen LogP contribution in [0, 0.1) is 5.92 Å². The fraction of sp³-hybridized carbons (Fsp3) is 0.562. The van der Waals surface area contributed by atoms with Crippen LogP contribution in [0.5, 0.6) is 5.75 Å². The molecule has 1 atom stereocenters. The van der Waals surface area contributed by atoms with Crippen LogP contribution in [0.15, 0.2) is 22.7 Å². The molecule has 1 aliphatic carbocycles. The first kappa shape index (κ1) is 19.3. The van der Waals surface area contributed by atoms with E-state index in [0.717, 1.165) is 17.3 Å². The molecule has 0 aliphatic heterocycles. The van der Waals surface area contributed by atoms with Crippen molar-refractivity contribution in [3.63, 3.8) is 0 Å². The number of amides is 1. The van der Waals surface area contributed by atoms with E-state index in [1.54, 1.807) is 12.1 Å². The van der Waals surface area contributed by atoms with Gasteiger partial charge in [0.05, 0.1) is 11.6 Å². The van der Waals surface area contributed by atoms with Crippen LogP contribution in [-0.4, -0.2) is 24.1 Å². The molecule has 1 aromatic carbocycles. The quantitative estimate of drug-likeness (QED) is 0.780. The Kier molecular flexibility index (Phi) is 6.71. The van der Waals surface area contributed by atoms with Crippen LogP contribution in [0.25, 0.3) is 0 Å². The second-order valence-corrected chi connectivity index (χ2v) is 7.11. The smallest absolute Gasteiger partial charge is 0.251 e. The highest BCUT2D eigenvalue weighted by Crippen LogP contribution is 2.39. The van der Waals surface area contributed by atoms with Gasteiger partial charge in [-0.15, -0.1) is 12.4 Å². The van der Waals surface area contributed by atoms with Gasteiger partial charge in [-0.2, -0.15) is 0 Å². The van der Waals surface area contributed by atoms with Crippen molar-refractivity contribution in [1.82, 2.24) is 5.32 Å². The van der Waals surface area contributed by atoms with Crippen LogP contribution in [0.2, 0.25) is 0 Å². The van der Waals surface area contributed by atoms with Crippen molar-refractivity contribution >= 4 is 34.2 Å². The summed E-state index contributed by atoms with van der Waals surface area (Å²) in [7, 11) is 0. The standard InChI is InChI=1S/C16H23BrN2O2.ClH/c1-10(2)21-14-7-11(6-13(17)8-14)15(20)19-16(3,9-18)12-4-5-12;/h6-8,10,12H,4-5,9,18H2,1-3H3,(H,19,20);1H. The Morgan fingerprint density at radius 3 is 2.59 bits per heavy atom. The lowest BCUT2D eigenvalue weighted by atomic mass is 9.95. The van der Waals surface area contributed by atoms with Gasteiger partial charge in [-0.1, -0.05) is 15.9 Å². The van der Waals surface area contributed by atoms with Crippen molar-refractivity contribution in [2.75, 3.05) is 6.54 Å². The number of carbonyl (C=O) groups is 1. The number of hydrogen-bond donors (Lipinski definition) is 2. The van der Waals surface area contributed by atoms with Gasteiger partial charge in [-0.25, -0.2) is 0 Å². The lowest BCUT2D eigenvalue weighted by molar-refractivity contribution is 0.0897. The summed E-state index contributed by atoms with van der Waals surface area (Å²) in [5, 5.41) is 3.09. The topological polar surface area (TPSA) is 64.3 Å². The summed E-state index contributed by atoms with van der Waals surface area (Å²) < 4.78 is 6.49. The van der Waals surface area contributed by atoms with Gasteiger partial charge < -0.3 is 15.8 Å². The zero-order chi connectivity index (χ0) is 15.6. The maximum Gasteiger partial charge on any atom is 0.251 e. The van der Waals surface area contributed by atoms with Crippen LogP contribution < -0.4 is 15.8 Å². The van der Waals surface area contributed by atoms with E-state index >= 15 is 0 Å². The molecule has 22 heavy (non-hydrogen) atoms. The van der Waals surface area contributed by atoms with Crippen LogP contribution in [0.4, 0.5) is 0 Å². The van der Waals surface area contributed by atoms with E-state index in [2.05, 4.69) is 21.2 Å². The fourth-order valence-corrected chi connectivity index (χ4v) is 2.88. The molecule has 1 fully saturated rings. The molecule has 0 saturated heterocycles. The van der Waals surface area contributed by atoms with Crippen molar-refractivity contribution in [2.45, 2.75) is 45.3 Å². The van der Waals surface area contributed by atoms with Gasteiger partial charge in [0.15, 0.2) is 0 Å². The Hall–Kier alpha value is -0.780. The number of rotatable bonds is 6. The van der Waals surface area contributed by atoms with Crippen LogP contribution in [0.1, 0.15) is 44.0 Å². The summed E-state index contributed by atoms with van der Waals surface area (Å²) >= 11 is 3.42. The molecule has 6 heteroatoms. The van der Waals surface area contributed by atoms with Crippen LogP contribution in [0.3, 0.4) is 0 Å². The maximum absolute atomic E-state index is 12.5. The van der Waals surface area contributed by atoms with Crippen LogP contribution in [-0.2, 0) is 0 Å². The summed E-state index contributed by atoms with van der Waals surface area (Å²) in [6, 6.07) is 5.43. The minimum Gasteiger partial charge on any atom is -0.491 e. The molecule has 1 aromatic rings. The SMILES string of the molecule is CC(C)Oc1cc(Br)cc(C(=O)NC(C)(CN)C2CC2)c1.Cl. The van der Waals surface area contributed by atoms with Crippen molar-refractivity contribution in [2.24, 2.45) is 11.7 Å². The van der Waals surface area contributed by atoms with Crippen molar-refractivity contribution < 1.29 is 9.53 Å². The van der Waals surface area contributed by atoms with Gasteiger partial charge >= 0.3 is 0 Å². The molecule has 124 valence electrons. The Labute approximate surface area is 146 Å². The number of benzene rings is 1. The summed E-state index contributed by atoms with van der Waals surface area (Å²) in [4.78, 5) is 12.5. The predicted octanol–water partition coefficient (Wildman–Crippen LogP) is 3.52. The average molecular weight is 392 g/mol. The molecule has 4 nitrogen and oxygen atoms in total. The molecular weight excluding hydrogens is 368 g/mol. The third-order valence-electron chi connectivity index (χ3n) is 3.81. The van der Waals surface area contributed by atoms with Crippen LogP contribution >= 0.6 is 28.3 Å². The molecule has 0 aromatic heterocycles.